The van der Waals surface area contributed by atoms with Gasteiger partial charge in [0.2, 0.25) is 0 Å². The Labute approximate surface area is 110 Å². The molecule has 1 aromatic heterocycles. The average molecular weight is 265 g/mol. The highest BCUT2D eigenvalue weighted by Crippen LogP contribution is 2.28. The van der Waals surface area contributed by atoms with Crippen LogP contribution < -0.4 is 0 Å². The van der Waals surface area contributed by atoms with Gasteiger partial charge < -0.3 is 4.90 Å². The fourth-order valence-electron chi connectivity index (χ4n) is 1.81. The minimum Gasteiger partial charge on any atom is -0.356 e. The first-order valence-electron chi connectivity index (χ1n) is 5.86. The number of aromatic nitrogens is 1. The molecule has 0 aromatic carbocycles. The summed E-state index contributed by atoms with van der Waals surface area (Å²) in [4.78, 5) is 16.5. The molecule has 96 valence electrons. The maximum atomic E-state index is 10.5. The highest BCUT2D eigenvalue weighted by atomic mass is 32.2. The van der Waals surface area contributed by atoms with E-state index in [9.17, 15) is 10.1 Å². The number of hydrogen-bond acceptors (Lipinski definition) is 5. The monoisotopic (exact) mass is 265 g/mol. The fraction of sp³-hybridized carbons (Fsp3) is 0.417. The van der Waals surface area contributed by atoms with Crippen molar-refractivity contribution in [3.63, 3.8) is 0 Å². The van der Waals surface area contributed by atoms with Crippen molar-refractivity contribution in [2.45, 2.75) is 19.9 Å². The van der Waals surface area contributed by atoms with Crippen LogP contribution in [-0.2, 0) is 13.0 Å². The molecule has 0 unspecified atom stereocenters. The summed E-state index contributed by atoms with van der Waals surface area (Å²) >= 11 is 1.53. The average Bonchev–Trinajstić information content (AvgIpc) is 2.77. The molecule has 0 bridgehead atoms. The Kier molecular flexibility index (Phi) is 4.19. The predicted molar refractivity (Wildman–Crippen MR) is 71.6 cm³/mol. The zero-order valence-electron chi connectivity index (χ0n) is 10.2. The molecule has 1 aromatic rings. The van der Waals surface area contributed by atoms with Gasteiger partial charge in [0.1, 0.15) is 5.03 Å². The molecular weight excluding hydrogens is 250 g/mol. The molecule has 0 saturated carbocycles. The second-order valence-electron chi connectivity index (χ2n) is 4.03. The summed E-state index contributed by atoms with van der Waals surface area (Å²) in [6.45, 7) is 3.60. The van der Waals surface area contributed by atoms with Gasteiger partial charge in [-0.25, -0.2) is 0 Å². The second kappa shape index (κ2) is 5.86. The first-order valence-corrected chi connectivity index (χ1v) is 6.84. The van der Waals surface area contributed by atoms with E-state index in [0.717, 1.165) is 41.2 Å². The molecule has 2 heterocycles. The van der Waals surface area contributed by atoms with Gasteiger partial charge in [0.25, 0.3) is 6.20 Å². The Balaban J connectivity index is 2.05. The minimum atomic E-state index is -0.390. The van der Waals surface area contributed by atoms with Crippen LogP contribution in [0.1, 0.15) is 18.2 Å². The smallest absolute Gasteiger partial charge is 0.264 e. The van der Waals surface area contributed by atoms with Gasteiger partial charge in [-0.3, -0.25) is 15.1 Å². The van der Waals surface area contributed by atoms with E-state index in [1.54, 1.807) is 0 Å². The van der Waals surface area contributed by atoms with E-state index in [4.69, 9.17) is 0 Å². The third-order valence-corrected chi connectivity index (χ3v) is 3.81. The number of aryl methyl sites for hydroxylation is 1. The number of thioether (sulfide) groups is 1. The molecule has 0 atom stereocenters. The quantitative estimate of drug-likeness (QED) is 0.617. The van der Waals surface area contributed by atoms with Crippen LogP contribution in [0.25, 0.3) is 0 Å². The summed E-state index contributed by atoms with van der Waals surface area (Å²) in [6, 6.07) is 4.05. The summed E-state index contributed by atoms with van der Waals surface area (Å²) in [7, 11) is 0. The highest BCUT2D eigenvalue weighted by molar-refractivity contribution is 8.03. The van der Waals surface area contributed by atoms with E-state index < -0.39 is 0 Å². The molecule has 0 amide bonds. The molecule has 1 aliphatic heterocycles. The summed E-state index contributed by atoms with van der Waals surface area (Å²) < 4.78 is 0. The SMILES string of the molecule is CCc1ccc(CN2CCSC2=C[N+](=O)[O-])cn1. The van der Waals surface area contributed by atoms with E-state index in [-0.39, 0.29) is 4.92 Å². The largest absolute Gasteiger partial charge is 0.356 e. The second-order valence-corrected chi connectivity index (χ2v) is 5.15. The molecule has 0 N–H and O–H groups in total. The van der Waals surface area contributed by atoms with Crippen molar-refractivity contribution >= 4 is 11.8 Å². The standard InChI is InChI=1S/C12H15N3O2S/c1-2-11-4-3-10(7-13-11)8-14-5-6-18-12(14)9-15(16)17/h3-4,7,9H,2,5-6,8H2,1H3. The van der Waals surface area contributed by atoms with Crippen molar-refractivity contribution in [3.05, 3.63) is 50.9 Å². The van der Waals surface area contributed by atoms with Gasteiger partial charge in [-0.1, -0.05) is 13.0 Å². The molecule has 2 rings (SSSR count). The maximum absolute atomic E-state index is 10.5. The van der Waals surface area contributed by atoms with Gasteiger partial charge in [-0.15, -0.1) is 11.8 Å². The van der Waals surface area contributed by atoms with Crippen molar-refractivity contribution < 1.29 is 4.92 Å². The Morgan fingerprint density at radius 3 is 3.06 bits per heavy atom. The number of nitro groups is 1. The fourth-order valence-corrected chi connectivity index (χ4v) is 2.83. The molecule has 18 heavy (non-hydrogen) atoms. The van der Waals surface area contributed by atoms with Crippen LogP contribution in [0.2, 0.25) is 0 Å². The van der Waals surface area contributed by atoms with Gasteiger partial charge in [0, 0.05) is 30.7 Å². The van der Waals surface area contributed by atoms with Crippen molar-refractivity contribution in [1.82, 2.24) is 9.88 Å². The van der Waals surface area contributed by atoms with Gasteiger partial charge in [0.15, 0.2) is 0 Å². The first-order chi connectivity index (χ1) is 8.69. The lowest BCUT2D eigenvalue weighted by atomic mass is 10.2. The molecule has 0 aliphatic carbocycles. The Bertz CT molecular complexity index is 459. The third kappa shape index (κ3) is 3.22. The summed E-state index contributed by atoms with van der Waals surface area (Å²) in [5.74, 6) is 0.903. The van der Waals surface area contributed by atoms with E-state index in [2.05, 4.69) is 11.9 Å². The number of hydrogen-bond donors (Lipinski definition) is 0. The maximum Gasteiger partial charge on any atom is 0.264 e. The Morgan fingerprint density at radius 2 is 2.44 bits per heavy atom. The molecular formula is C12H15N3O2S. The van der Waals surface area contributed by atoms with Crippen LogP contribution in [-0.4, -0.2) is 27.1 Å². The van der Waals surface area contributed by atoms with Crippen LogP contribution in [0.3, 0.4) is 0 Å². The van der Waals surface area contributed by atoms with Crippen LogP contribution in [0, 0.1) is 10.1 Å². The Morgan fingerprint density at radius 1 is 1.61 bits per heavy atom. The summed E-state index contributed by atoms with van der Waals surface area (Å²) in [6.07, 6.45) is 3.86. The van der Waals surface area contributed by atoms with Crippen LogP contribution in [0.4, 0.5) is 0 Å². The van der Waals surface area contributed by atoms with Gasteiger partial charge in [-0.2, -0.15) is 0 Å². The predicted octanol–water partition coefficient (Wildman–Crippen LogP) is 2.27. The lowest BCUT2D eigenvalue weighted by Crippen LogP contribution is -2.18. The van der Waals surface area contributed by atoms with Crippen LogP contribution in [0.15, 0.2) is 29.6 Å². The first kappa shape index (κ1) is 12.9. The van der Waals surface area contributed by atoms with Crippen LogP contribution in [0.5, 0.6) is 0 Å². The van der Waals surface area contributed by atoms with E-state index in [1.165, 1.54) is 11.8 Å². The van der Waals surface area contributed by atoms with Gasteiger partial charge in [0.05, 0.1) is 4.92 Å². The molecule has 0 spiro atoms. The highest BCUT2D eigenvalue weighted by Gasteiger charge is 2.20. The molecule has 1 fully saturated rings. The van der Waals surface area contributed by atoms with Crippen molar-refractivity contribution in [3.8, 4) is 0 Å². The Hall–Kier alpha value is -1.56. The third-order valence-electron chi connectivity index (χ3n) is 2.76. The van der Waals surface area contributed by atoms with Crippen molar-refractivity contribution in [2.75, 3.05) is 12.3 Å². The topological polar surface area (TPSA) is 59.3 Å². The minimum absolute atomic E-state index is 0.390. The van der Waals surface area contributed by atoms with E-state index in [0.29, 0.717) is 6.54 Å². The van der Waals surface area contributed by atoms with Crippen molar-refractivity contribution in [2.24, 2.45) is 0 Å². The van der Waals surface area contributed by atoms with E-state index in [1.807, 2.05) is 23.2 Å². The number of nitrogens with zero attached hydrogens (tertiary/aromatic N) is 3. The molecule has 6 heteroatoms. The van der Waals surface area contributed by atoms with Crippen LogP contribution >= 0.6 is 11.8 Å². The summed E-state index contributed by atoms with van der Waals surface area (Å²) in [5.41, 5.74) is 2.15. The molecule has 5 nitrogen and oxygen atoms in total. The van der Waals surface area contributed by atoms with E-state index >= 15 is 0 Å². The zero-order chi connectivity index (χ0) is 13.0. The zero-order valence-corrected chi connectivity index (χ0v) is 11.0. The lowest BCUT2D eigenvalue weighted by Gasteiger charge is -2.17. The summed E-state index contributed by atoms with van der Waals surface area (Å²) in [5, 5.41) is 11.2. The molecule has 1 saturated heterocycles. The number of pyridine rings is 1. The molecule has 0 radical (unpaired) electrons. The van der Waals surface area contributed by atoms with Crippen molar-refractivity contribution in [1.29, 1.82) is 0 Å². The lowest BCUT2D eigenvalue weighted by molar-refractivity contribution is -0.403. The number of rotatable bonds is 4. The van der Waals surface area contributed by atoms with Gasteiger partial charge in [-0.05, 0) is 18.1 Å². The van der Waals surface area contributed by atoms with Gasteiger partial charge >= 0.3 is 0 Å². The molecule has 1 aliphatic rings. The normalized spacial score (nSPS) is 17.4.